The smallest absolute Gasteiger partial charge is 0.345 e. The number of nitrogens with one attached hydrogen (secondary N) is 1. The van der Waals surface area contributed by atoms with E-state index < -0.39 is 6.61 Å². The number of hydrogen-bond acceptors (Lipinski definition) is 6. The molecule has 9 heteroatoms. The summed E-state index contributed by atoms with van der Waals surface area (Å²) < 4.78 is 31.1. The Morgan fingerprint density at radius 2 is 1.93 bits per heavy atom. The largest absolute Gasteiger partial charge is 0.350 e. The van der Waals surface area contributed by atoms with Gasteiger partial charge in [-0.15, -0.1) is 5.10 Å². The Hall–Kier alpha value is -3.20. The number of anilines is 1. The van der Waals surface area contributed by atoms with Gasteiger partial charge in [0.1, 0.15) is 0 Å². The maximum Gasteiger partial charge on any atom is 0.345 e. The molecule has 154 valence electrons. The number of nitrogens with zero attached hydrogens (tertiary/aromatic N) is 5. The predicted molar refractivity (Wildman–Crippen MR) is 108 cm³/mol. The molecule has 1 N–H and O–H groups in total. The second-order valence-electron chi connectivity index (χ2n) is 7.43. The molecule has 0 saturated heterocycles. The molecule has 0 aliphatic heterocycles. The van der Waals surface area contributed by atoms with Crippen molar-refractivity contribution in [3.63, 3.8) is 0 Å². The summed E-state index contributed by atoms with van der Waals surface area (Å²) in [4.78, 5) is 13.2. The highest BCUT2D eigenvalue weighted by Gasteiger charge is 2.24. The minimum Gasteiger partial charge on any atom is -0.350 e. The highest BCUT2D eigenvalue weighted by molar-refractivity contribution is 5.86. The van der Waals surface area contributed by atoms with E-state index in [1.807, 2.05) is 24.4 Å². The molecule has 0 atom stereocenters. The van der Waals surface area contributed by atoms with Crippen molar-refractivity contribution in [2.24, 2.45) is 0 Å². The zero-order chi connectivity index (χ0) is 20.5. The molecule has 0 unspecified atom stereocenters. The molecule has 0 spiro atoms. The van der Waals surface area contributed by atoms with Gasteiger partial charge in [0.05, 0.1) is 17.8 Å². The van der Waals surface area contributed by atoms with E-state index in [9.17, 15) is 8.78 Å². The van der Waals surface area contributed by atoms with Gasteiger partial charge in [-0.3, -0.25) is 0 Å². The zero-order valence-electron chi connectivity index (χ0n) is 16.1. The molecule has 0 aromatic carbocycles. The molecule has 0 bridgehead atoms. The number of ether oxygens (including phenoxy) is 1. The number of halogens is 2. The van der Waals surface area contributed by atoms with Crippen LogP contribution in [0.2, 0.25) is 0 Å². The van der Waals surface area contributed by atoms with E-state index >= 15 is 0 Å². The number of fused-ring (bicyclic) bond motifs is 2. The van der Waals surface area contributed by atoms with Gasteiger partial charge in [0.15, 0.2) is 5.65 Å². The van der Waals surface area contributed by atoms with Crippen molar-refractivity contribution in [3.8, 4) is 11.1 Å². The van der Waals surface area contributed by atoms with Crippen LogP contribution in [0.4, 0.5) is 14.7 Å². The average Bonchev–Trinajstić information content (AvgIpc) is 3.18. The molecular formula is C21H20F2N6O. The number of alkyl halides is 2. The van der Waals surface area contributed by atoms with Crippen LogP contribution in [-0.4, -0.2) is 43.3 Å². The van der Waals surface area contributed by atoms with Gasteiger partial charge < -0.3 is 10.1 Å². The number of pyridine rings is 2. The molecule has 1 fully saturated rings. The molecule has 30 heavy (non-hydrogen) atoms. The molecule has 1 aliphatic rings. The lowest BCUT2D eigenvalue weighted by atomic mass is 9.93. The van der Waals surface area contributed by atoms with Crippen LogP contribution in [0.5, 0.6) is 0 Å². The second kappa shape index (κ2) is 7.91. The summed E-state index contributed by atoms with van der Waals surface area (Å²) in [5.74, 6) is 0.517. The molecular weight excluding hydrogens is 390 g/mol. The standard InChI is InChI=1S/C21H20F2N6O/c22-20(23)30-16-5-3-15(4-6-16)27-21-26-12-18-17(7-9-29(18)28-21)14-10-13-2-1-8-24-19(13)25-11-14/h1-2,7-12,15-16,20H,3-6H2,(H,27,28). The van der Waals surface area contributed by atoms with E-state index in [-0.39, 0.29) is 12.1 Å². The third-order valence-electron chi connectivity index (χ3n) is 5.48. The van der Waals surface area contributed by atoms with Crippen molar-refractivity contribution < 1.29 is 13.5 Å². The minimum atomic E-state index is -2.71. The van der Waals surface area contributed by atoms with Gasteiger partial charge in [-0.1, -0.05) is 0 Å². The first-order chi connectivity index (χ1) is 14.7. The number of rotatable bonds is 5. The Morgan fingerprint density at radius 3 is 2.77 bits per heavy atom. The monoisotopic (exact) mass is 410 g/mol. The maximum absolute atomic E-state index is 12.3. The van der Waals surface area contributed by atoms with Crippen molar-refractivity contribution in [2.75, 3.05) is 5.32 Å². The van der Waals surface area contributed by atoms with E-state index in [1.165, 1.54) is 0 Å². The predicted octanol–water partition coefficient (Wildman–Crippen LogP) is 4.30. The van der Waals surface area contributed by atoms with E-state index in [4.69, 9.17) is 0 Å². The summed E-state index contributed by atoms with van der Waals surface area (Å²) in [6.07, 6.45) is 9.51. The molecule has 4 aromatic rings. The van der Waals surface area contributed by atoms with Gasteiger partial charge in [0.25, 0.3) is 0 Å². The summed E-state index contributed by atoms with van der Waals surface area (Å²) in [5, 5.41) is 8.84. The molecule has 1 aliphatic carbocycles. The quantitative estimate of drug-likeness (QED) is 0.529. The average molecular weight is 410 g/mol. The minimum absolute atomic E-state index is 0.146. The fourth-order valence-corrected chi connectivity index (χ4v) is 3.99. The Balaban J connectivity index is 1.33. The van der Waals surface area contributed by atoms with E-state index in [2.05, 4.69) is 36.2 Å². The Morgan fingerprint density at radius 1 is 1.07 bits per heavy atom. The molecule has 0 radical (unpaired) electrons. The van der Waals surface area contributed by atoms with Gasteiger partial charge >= 0.3 is 6.61 Å². The van der Waals surface area contributed by atoms with Gasteiger partial charge in [0.2, 0.25) is 5.95 Å². The Labute approximate surface area is 171 Å². The van der Waals surface area contributed by atoms with Crippen molar-refractivity contribution in [1.82, 2.24) is 24.6 Å². The van der Waals surface area contributed by atoms with Crippen molar-refractivity contribution >= 4 is 22.5 Å². The van der Waals surface area contributed by atoms with Crippen LogP contribution >= 0.6 is 0 Å². The SMILES string of the molecule is FC(F)OC1CCC(Nc2ncc3c(-c4cnc5ncccc5c4)ccn3n2)CC1. The molecule has 7 nitrogen and oxygen atoms in total. The van der Waals surface area contributed by atoms with Gasteiger partial charge in [-0.25, -0.2) is 19.5 Å². The van der Waals surface area contributed by atoms with Crippen LogP contribution in [0.1, 0.15) is 25.7 Å². The van der Waals surface area contributed by atoms with Gasteiger partial charge in [-0.05, 0) is 49.9 Å². The van der Waals surface area contributed by atoms with Crippen molar-refractivity contribution in [3.05, 3.63) is 49.1 Å². The van der Waals surface area contributed by atoms with Gasteiger partial charge in [-0.2, -0.15) is 8.78 Å². The van der Waals surface area contributed by atoms with Crippen LogP contribution in [0, 0.1) is 0 Å². The lowest BCUT2D eigenvalue weighted by molar-refractivity contribution is -0.169. The third kappa shape index (κ3) is 3.80. The van der Waals surface area contributed by atoms with Crippen LogP contribution in [0.25, 0.3) is 27.7 Å². The summed E-state index contributed by atoms with van der Waals surface area (Å²) >= 11 is 0. The topological polar surface area (TPSA) is 77.2 Å². The fraction of sp³-hybridized carbons (Fsp3) is 0.333. The molecule has 4 aromatic heterocycles. The first-order valence-electron chi connectivity index (χ1n) is 9.91. The fourth-order valence-electron chi connectivity index (χ4n) is 3.99. The van der Waals surface area contributed by atoms with Crippen LogP contribution in [-0.2, 0) is 4.74 Å². The summed E-state index contributed by atoms with van der Waals surface area (Å²) in [6.45, 7) is -2.71. The first-order valence-corrected chi connectivity index (χ1v) is 9.91. The highest BCUT2D eigenvalue weighted by atomic mass is 19.3. The second-order valence-corrected chi connectivity index (χ2v) is 7.43. The number of aromatic nitrogens is 5. The third-order valence-corrected chi connectivity index (χ3v) is 5.48. The summed E-state index contributed by atoms with van der Waals surface area (Å²) in [5.41, 5.74) is 3.55. The van der Waals surface area contributed by atoms with Gasteiger partial charge in [0, 0.05) is 41.1 Å². The first kappa shape index (κ1) is 18.8. The lowest BCUT2D eigenvalue weighted by Crippen LogP contribution is -2.31. The van der Waals surface area contributed by atoms with Crippen LogP contribution in [0.15, 0.2) is 49.1 Å². The highest BCUT2D eigenvalue weighted by Crippen LogP contribution is 2.28. The molecule has 5 rings (SSSR count). The summed E-state index contributed by atoms with van der Waals surface area (Å²) in [6, 6.07) is 8.06. The number of hydrogen-bond donors (Lipinski definition) is 1. The van der Waals surface area contributed by atoms with Crippen molar-refractivity contribution in [1.29, 1.82) is 0 Å². The van der Waals surface area contributed by atoms with E-state index in [1.54, 1.807) is 23.1 Å². The summed E-state index contributed by atoms with van der Waals surface area (Å²) in [7, 11) is 0. The Bertz CT molecular complexity index is 1170. The van der Waals surface area contributed by atoms with Crippen LogP contribution < -0.4 is 5.32 Å². The Kier molecular flexibility index (Phi) is 4.96. The zero-order valence-corrected chi connectivity index (χ0v) is 16.1. The lowest BCUT2D eigenvalue weighted by Gasteiger charge is -2.28. The van der Waals surface area contributed by atoms with Crippen molar-refractivity contribution in [2.45, 2.75) is 44.4 Å². The normalized spacial score (nSPS) is 19.6. The maximum atomic E-state index is 12.3. The van der Waals surface area contributed by atoms with Crippen LogP contribution in [0.3, 0.4) is 0 Å². The van der Waals surface area contributed by atoms with E-state index in [0.717, 1.165) is 34.9 Å². The molecule has 0 amide bonds. The van der Waals surface area contributed by atoms with E-state index in [0.29, 0.717) is 24.4 Å². The molecule has 1 saturated carbocycles. The molecule has 4 heterocycles.